The van der Waals surface area contributed by atoms with Gasteiger partial charge in [-0.2, -0.15) is 5.10 Å². The molecule has 0 amide bonds. The minimum absolute atomic E-state index is 0.192. The van der Waals surface area contributed by atoms with Gasteiger partial charge >= 0.3 is 5.97 Å². The van der Waals surface area contributed by atoms with Crippen molar-refractivity contribution >= 4 is 5.97 Å². The molecule has 0 saturated carbocycles. The van der Waals surface area contributed by atoms with Crippen molar-refractivity contribution in [2.45, 2.75) is 40.5 Å². The zero-order chi connectivity index (χ0) is 13.7. The van der Waals surface area contributed by atoms with E-state index >= 15 is 0 Å². The van der Waals surface area contributed by atoms with Gasteiger partial charge < -0.3 is 14.6 Å². The molecule has 0 saturated heterocycles. The summed E-state index contributed by atoms with van der Waals surface area (Å²) in [6.07, 6.45) is -0.475. The molecule has 0 unspecified atom stereocenters. The van der Waals surface area contributed by atoms with Gasteiger partial charge in [0.25, 0.3) is 0 Å². The molecule has 1 rings (SSSR count). The number of aromatic carboxylic acids is 1. The van der Waals surface area contributed by atoms with Crippen LogP contribution < -0.4 is 0 Å². The first kappa shape index (κ1) is 14.7. The molecular formula is C12H20N2O4. The van der Waals surface area contributed by atoms with Gasteiger partial charge in [-0.25, -0.2) is 4.79 Å². The van der Waals surface area contributed by atoms with E-state index < -0.39 is 12.3 Å². The van der Waals surface area contributed by atoms with E-state index in [-0.39, 0.29) is 12.2 Å². The Hall–Kier alpha value is -1.40. The molecule has 18 heavy (non-hydrogen) atoms. The van der Waals surface area contributed by atoms with Crippen molar-refractivity contribution in [3.8, 4) is 0 Å². The Morgan fingerprint density at radius 2 is 1.89 bits per heavy atom. The number of nitrogens with zero attached hydrogens (tertiary/aromatic N) is 2. The van der Waals surface area contributed by atoms with Crippen molar-refractivity contribution in [2.24, 2.45) is 0 Å². The maximum Gasteiger partial charge on any atom is 0.354 e. The molecule has 0 atom stereocenters. The van der Waals surface area contributed by atoms with Gasteiger partial charge in [-0.05, 0) is 27.7 Å². The van der Waals surface area contributed by atoms with Crippen molar-refractivity contribution in [3.63, 3.8) is 0 Å². The second-order valence-electron chi connectivity index (χ2n) is 3.89. The van der Waals surface area contributed by atoms with Crippen LogP contribution in [0.5, 0.6) is 0 Å². The Morgan fingerprint density at radius 1 is 1.33 bits per heavy atom. The lowest BCUT2D eigenvalue weighted by Crippen LogP contribution is -2.26. The summed E-state index contributed by atoms with van der Waals surface area (Å²) < 4.78 is 12.2. The zero-order valence-corrected chi connectivity index (χ0v) is 11.3. The summed E-state index contributed by atoms with van der Waals surface area (Å²) in [5.41, 5.74) is 1.57. The number of carbonyl (C=O) groups is 1. The molecule has 0 aliphatic rings. The van der Waals surface area contributed by atoms with E-state index in [4.69, 9.17) is 9.47 Å². The van der Waals surface area contributed by atoms with E-state index in [1.54, 1.807) is 13.8 Å². The molecule has 102 valence electrons. The van der Waals surface area contributed by atoms with E-state index in [1.165, 1.54) is 4.68 Å². The fraction of sp³-hybridized carbons (Fsp3) is 0.667. The predicted molar refractivity (Wildman–Crippen MR) is 65.7 cm³/mol. The molecule has 0 fully saturated rings. The number of carboxylic acids is 1. The minimum atomic E-state index is -0.986. The summed E-state index contributed by atoms with van der Waals surface area (Å²) in [6, 6.07) is 0. The summed E-state index contributed by atoms with van der Waals surface area (Å²) in [6.45, 7) is 8.55. The van der Waals surface area contributed by atoms with Crippen LogP contribution in [0.2, 0.25) is 0 Å². The summed E-state index contributed by atoms with van der Waals surface area (Å²) in [4.78, 5) is 11.2. The molecule has 1 N–H and O–H groups in total. The standard InChI is InChI=1S/C12H20N2O4/c1-5-17-10(18-6-2)7-14-11(12(15)16)8(3)9(4)13-14/h10H,5-7H2,1-4H3,(H,15,16). The van der Waals surface area contributed by atoms with Crippen LogP contribution in [0.25, 0.3) is 0 Å². The summed E-state index contributed by atoms with van der Waals surface area (Å²) in [5.74, 6) is -0.986. The van der Waals surface area contributed by atoms with Crippen LogP contribution in [0.1, 0.15) is 35.6 Å². The van der Waals surface area contributed by atoms with E-state index in [0.717, 1.165) is 0 Å². The highest BCUT2D eigenvalue weighted by atomic mass is 16.7. The molecule has 1 heterocycles. The third-order valence-electron chi connectivity index (χ3n) is 2.66. The number of aromatic nitrogens is 2. The van der Waals surface area contributed by atoms with E-state index in [0.29, 0.717) is 24.5 Å². The Morgan fingerprint density at radius 3 is 2.33 bits per heavy atom. The van der Waals surface area contributed by atoms with Crippen LogP contribution in [-0.4, -0.2) is 40.4 Å². The van der Waals surface area contributed by atoms with Crippen LogP contribution in [0.3, 0.4) is 0 Å². The molecule has 0 bridgehead atoms. The maximum atomic E-state index is 11.2. The fourth-order valence-electron chi connectivity index (χ4n) is 1.74. The van der Waals surface area contributed by atoms with E-state index in [1.807, 2.05) is 13.8 Å². The Kier molecular flexibility index (Phi) is 5.30. The molecule has 0 aliphatic carbocycles. The molecule has 0 aliphatic heterocycles. The van der Waals surface area contributed by atoms with Gasteiger partial charge in [0.15, 0.2) is 6.29 Å². The molecule has 0 aromatic carbocycles. The lowest BCUT2D eigenvalue weighted by molar-refractivity contribution is -0.145. The number of ether oxygens (including phenoxy) is 2. The van der Waals surface area contributed by atoms with E-state index in [9.17, 15) is 9.90 Å². The first-order chi connectivity index (χ1) is 8.51. The molecule has 1 aromatic heterocycles. The second kappa shape index (κ2) is 6.51. The van der Waals surface area contributed by atoms with Gasteiger partial charge in [-0.15, -0.1) is 0 Å². The van der Waals surface area contributed by atoms with Crippen molar-refractivity contribution in [1.82, 2.24) is 9.78 Å². The first-order valence-electron chi connectivity index (χ1n) is 6.01. The smallest absolute Gasteiger partial charge is 0.354 e. The average Bonchev–Trinajstić information content (AvgIpc) is 2.55. The van der Waals surface area contributed by atoms with Crippen LogP contribution in [0.4, 0.5) is 0 Å². The van der Waals surface area contributed by atoms with Gasteiger partial charge in [0.1, 0.15) is 5.69 Å². The van der Waals surface area contributed by atoms with Crippen LogP contribution in [0.15, 0.2) is 0 Å². The first-order valence-corrected chi connectivity index (χ1v) is 6.01. The SMILES string of the molecule is CCOC(Cn1nc(C)c(C)c1C(=O)O)OCC. The molecule has 1 aromatic rings. The molecule has 0 radical (unpaired) electrons. The third-order valence-corrected chi connectivity index (χ3v) is 2.66. The third kappa shape index (κ3) is 3.30. The van der Waals surface area contributed by atoms with Gasteiger partial charge in [-0.1, -0.05) is 0 Å². The fourth-order valence-corrected chi connectivity index (χ4v) is 1.74. The number of aryl methyl sites for hydroxylation is 1. The lowest BCUT2D eigenvalue weighted by atomic mass is 10.2. The Bertz CT molecular complexity index is 408. The highest BCUT2D eigenvalue weighted by Crippen LogP contribution is 2.14. The van der Waals surface area contributed by atoms with E-state index in [2.05, 4.69) is 5.10 Å². The molecule has 0 spiro atoms. The summed E-state index contributed by atoms with van der Waals surface area (Å²) in [5, 5.41) is 13.4. The van der Waals surface area contributed by atoms with Gasteiger partial charge in [0, 0.05) is 18.8 Å². The number of carboxylic acid groups (broad SMARTS) is 1. The topological polar surface area (TPSA) is 73.6 Å². The van der Waals surface area contributed by atoms with Gasteiger partial charge in [-0.3, -0.25) is 4.68 Å². The minimum Gasteiger partial charge on any atom is -0.477 e. The number of rotatable bonds is 7. The lowest BCUT2D eigenvalue weighted by Gasteiger charge is -2.17. The van der Waals surface area contributed by atoms with Gasteiger partial charge in [0.05, 0.1) is 12.2 Å². The summed E-state index contributed by atoms with van der Waals surface area (Å²) >= 11 is 0. The normalized spacial score (nSPS) is 11.2. The highest BCUT2D eigenvalue weighted by Gasteiger charge is 2.20. The number of hydrogen-bond donors (Lipinski definition) is 1. The quantitative estimate of drug-likeness (QED) is 0.750. The van der Waals surface area contributed by atoms with Crippen LogP contribution >= 0.6 is 0 Å². The average molecular weight is 256 g/mol. The van der Waals surface area contributed by atoms with Crippen molar-refractivity contribution in [3.05, 3.63) is 17.0 Å². The Labute approximate surface area is 107 Å². The second-order valence-corrected chi connectivity index (χ2v) is 3.89. The molecule has 6 nitrogen and oxygen atoms in total. The van der Waals surface area contributed by atoms with Crippen molar-refractivity contribution in [1.29, 1.82) is 0 Å². The predicted octanol–water partition coefficient (Wildman–Crippen LogP) is 1.60. The summed E-state index contributed by atoms with van der Waals surface area (Å²) in [7, 11) is 0. The largest absolute Gasteiger partial charge is 0.477 e. The zero-order valence-electron chi connectivity index (χ0n) is 11.3. The van der Waals surface area contributed by atoms with Crippen LogP contribution in [0, 0.1) is 13.8 Å². The number of hydrogen-bond acceptors (Lipinski definition) is 4. The molecular weight excluding hydrogens is 236 g/mol. The molecule has 6 heteroatoms. The van der Waals surface area contributed by atoms with Crippen molar-refractivity contribution in [2.75, 3.05) is 13.2 Å². The van der Waals surface area contributed by atoms with Crippen LogP contribution in [-0.2, 0) is 16.0 Å². The van der Waals surface area contributed by atoms with Crippen molar-refractivity contribution < 1.29 is 19.4 Å². The maximum absolute atomic E-state index is 11.2. The highest BCUT2D eigenvalue weighted by molar-refractivity contribution is 5.87. The Balaban J connectivity index is 2.94. The van der Waals surface area contributed by atoms with Gasteiger partial charge in [0.2, 0.25) is 0 Å². The monoisotopic (exact) mass is 256 g/mol.